The van der Waals surface area contributed by atoms with Gasteiger partial charge in [0.2, 0.25) is 0 Å². The highest BCUT2D eigenvalue weighted by molar-refractivity contribution is 7.09. The molecule has 15 heavy (non-hydrogen) atoms. The molecule has 0 amide bonds. The summed E-state index contributed by atoms with van der Waals surface area (Å²) >= 11 is 1.40. The molecule has 2 rings (SSSR count). The van der Waals surface area contributed by atoms with Crippen LogP contribution in [0.15, 0.2) is 5.38 Å². The molecule has 0 aromatic carbocycles. The van der Waals surface area contributed by atoms with E-state index in [1.54, 1.807) is 5.38 Å². The molecule has 1 heterocycles. The Morgan fingerprint density at radius 1 is 1.60 bits per heavy atom. The summed E-state index contributed by atoms with van der Waals surface area (Å²) in [6.07, 6.45) is 4.38. The second kappa shape index (κ2) is 4.72. The average molecular weight is 226 g/mol. The number of carbonyl (C=O) groups is 1. The molecule has 0 bridgehead atoms. The van der Waals surface area contributed by atoms with Crippen LogP contribution in [0.25, 0.3) is 0 Å². The molecule has 1 saturated carbocycles. The van der Waals surface area contributed by atoms with Gasteiger partial charge in [0.05, 0.1) is 0 Å². The predicted octanol–water partition coefficient (Wildman–Crippen LogP) is 1.70. The zero-order chi connectivity index (χ0) is 10.7. The fourth-order valence-electron chi connectivity index (χ4n) is 1.72. The van der Waals surface area contributed by atoms with E-state index in [-0.39, 0.29) is 12.1 Å². The number of hydrogen-bond donors (Lipinski definition) is 1. The molecule has 0 radical (unpaired) electrons. The van der Waals surface area contributed by atoms with Crippen LogP contribution >= 0.6 is 11.3 Å². The van der Waals surface area contributed by atoms with E-state index < -0.39 is 0 Å². The first-order valence-electron chi connectivity index (χ1n) is 5.15. The first-order valence-corrected chi connectivity index (χ1v) is 6.03. The van der Waals surface area contributed by atoms with Crippen LogP contribution in [0.5, 0.6) is 0 Å². The van der Waals surface area contributed by atoms with Gasteiger partial charge in [-0.25, -0.2) is 9.78 Å². The Morgan fingerprint density at radius 3 is 2.93 bits per heavy atom. The smallest absolute Gasteiger partial charge is 0.358 e. The van der Waals surface area contributed by atoms with Crippen molar-refractivity contribution in [3.05, 3.63) is 16.1 Å². The first kappa shape index (κ1) is 10.6. The SMILES string of the molecule is NCc1nc(C(=O)OC2CCCC2)cs1. The van der Waals surface area contributed by atoms with Crippen LogP contribution in [0.4, 0.5) is 0 Å². The molecule has 0 aliphatic heterocycles. The number of esters is 1. The Bertz CT molecular complexity index is 345. The summed E-state index contributed by atoms with van der Waals surface area (Å²) in [7, 11) is 0. The molecule has 1 aliphatic rings. The van der Waals surface area contributed by atoms with Gasteiger partial charge in [0, 0.05) is 11.9 Å². The molecule has 5 heteroatoms. The molecule has 1 aromatic heterocycles. The van der Waals surface area contributed by atoms with Gasteiger partial charge < -0.3 is 10.5 Å². The lowest BCUT2D eigenvalue weighted by Gasteiger charge is -2.09. The maximum atomic E-state index is 11.6. The van der Waals surface area contributed by atoms with Gasteiger partial charge in [0.15, 0.2) is 5.69 Å². The molecule has 0 atom stereocenters. The fraction of sp³-hybridized carbons (Fsp3) is 0.600. The third-order valence-corrected chi connectivity index (χ3v) is 3.38. The van der Waals surface area contributed by atoms with Crippen molar-refractivity contribution in [1.82, 2.24) is 4.98 Å². The van der Waals surface area contributed by atoms with Gasteiger partial charge in [-0.05, 0) is 25.7 Å². The van der Waals surface area contributed by atoms with E-state index >= 15 is 0 Å². The number of nitrogens with two attached hydrogens (primary N) is 1. The van der Waals surface area contributed by atoms with Gasteiger partial charge in [0.25, 0.3) is 0 Å². The number of rotatable bonds is 3. The molecule has 0 spiro atoms. The summed E-state index contributed by atoms with van der Waals surface area (Å²) in [4.78, 5) is 15.7. The van der Waals surface area contributed by atoms with Crippen LogP contribution in [-0.4, -0.2) is 17.1 Å². The maximum Gasteiger partial charge on any atom is 0.358 e. The van der Waals surface area contributed by atoms with Crippen molar-refractivity contribution in [3.8, 4) is 0 Å². The van der Waals surface area contributed by atoms with Crippen molar-refractivity contribution in [2.24, 2.45) is 5.73 Å². The van der Waals surface area contributed by atoms with Crippen LogP contribution in [0, 0.1) is 0 Å². The molecule has 2 N–H and O–H groups in total. The Kier molecular flexibility index (Phi) is 3.33. The summed E-state index contributed by atoms with van der Waals surface area (Å²) < 4.78 is 5.32. The molecule has 4 nitrogen and oxygen atoms in total. The summed E-state index contributed by atoms with van der Waals surface area (Å²) in [5.74, 6) is -0.308. The minimum atomic E-state index is -0.308. The largest absolute Gasteiger partial charge is 0.458 e. The van der Waals surface area contributed by atoms with Crippen LogP contribution in [0.1, 0.15) is 41.2 Å². The molecular weight excluding hydrogens is 212 g/mol. The lowest BCUT2D eigenvalue weighted by Crippen LogP contribution is -2.15. The lowest BCUT2D eigenvalue weighted by atomic mass is 10.3. The van der Waals surface area contributed by atoms with Gasteiger partial charge in [-0.3, -0.25) is 0 Å². The van der Waals surface area contributed by atoms with Crippen molar-refractivity contribution in [3.63, 3.8) is 0 Å². The average Bonchev–Trinajstić information content (AvgIpc) is 2.86. The maximum absolute atomic E-state index is 11.6. The first-order chi connectivity index (χ1) is 7.29. The van der Waals surface area contributed by atoms with E-state index in [0.717, 1.165) is 30.7 Å². The van der Waals surface area contributed by atoms with Crippen LogP contribution in [-0.2, 0) is 11.3 Å². The molecule has 0 unspecified atom stereocenters. The van der Waals surface area contributed by atoms with Gasteiger partial charge in [-0.1, -0.05) is 0 Å². The molecule has 1 aromatic rings. The highest BCUT2D eigenvalue weighted by Gasteiger charge is 2.21. The van der Waals surface area contributed by atoms with Crippen LogP contribution in [0.2, 0.25) is 0 Å². The van der Waals surface area contributed by atoms with Crippen molar-refractivity contribution in [1.29, 1.82) is 0 Å². The molecule has 82 valence electrons. The number of nitrogens with zero attached hydrogens (tertiary/aromatic N) is 1. The number of carbonyl (C=O) groups excluding carboxylic acids is 1. The van der Waals surface area contributed by atoms with E-state index in [0.29, 0.717) is 12.2 Å². The quantitative estimate of drug-likeness (QED) is 0.797. The third kappa shape index (κ3) is 2.54. The summed E-state index contributed by atoms with van der Waals surface area (Å²) in [5.41, 5.74) is 5.82. The minimum Gasteiger partial charge on any atom is -0.458 e. The van der Waals surface area contributed by atoms with Crippen molar-refractivity contribution >= 4 is 17.3 Å². The fourth-order valence-corrected chi connectivity index (χ4v) is 2.36. The molecule has 1 fully saturated rings. The Balaban J connectivity index is 1.94. The summed E-state index contributed by atoms with van der Waals surface area (Å²) in [5, 5.41) is 2.48. The molecule has 0 saturated heterocycles. The monoisotopic (exact) mass is 226 g/mol. The highest BCUT2D eigenvalue weighted by Crippen LogP contribution is 2.22. The van der Waals surface area contributed by atoms with Crippen LogP contribution < -0.4 is 5.73 Å². The van der Waals surface area contributed by atoms with E-state index in [4.69, 9.17) is 10.5 Å². The Labute approximate surface area is 92.5 Å². The topological polar surface area (TPSA) is 65.2 Å². The second-order valence-electron chi connectivity index (χ2n) is 3.64. The standard InChI is InChI=1S/C10H14N2O2S/c11-5-9-12-8(6-15-9)10(13)14-7-3-1-2-4-7/h6-7H,1-5,11H2. The lowest BCUT2D eigenvalue weighted by molar-refractivity contribution is 0.0311. The molecule has 1 aliphatic carbocycles. The van der Waals surface area contributed by atoms with E-state index in [2.05, 4.69) is 4.98 Å². The summed E-state index contributed by atoms with van der Waals surface area (Å²) in [6.45, 7) is 0.376. The van der Waals surface area contributed by atoms with Gasteiger partial charge in [-0.2, -0.15) is 0 Å². The van der Waals surface area contributed by atoms with Crippen LogP contribution in [0.3, 0.4) is 0 Å². The third-order valence-electron chi connectivity index (χ3n) is 2.51. The van der Waals surface area contributed by atoms with Gasteiger partial charge >= 0.3 is 5.97 Å². The van der Waals surface area contributed by atoms with Crippen molar-refractivity contribution in [2.45, 2.75) is 38.3 Å². The zero-order valence-electron chi connectivity index (χ0n) is 8.44. The number of hydrogen-bond acceptors (Lipinski definition) is 5. The van der Waals surface area contributed by atoms with E-state index in [1.807, 2.05) is 0 Å². The molecular formula is C10H14N2O2S. The zero-order valence-corrected chi connectivity index (χ0v) is 9.26. The number of thiazole rings is 1. The van der Waals surface area contributed by atoms with E-state index in [9.17, 15) is 4.79 Å². The number of aromatic nitrogens is 1. The summed E-state index contributed by atoms with van der Waals surface area (Å²) in [6, 6.07) is 0. The highest BCUT2D eigenvalue weighted by atomic mass is 32.1. The van der Waals surface area contributed by atoms with Crippen molar-refractivity contribution in [2.75, 3.05) is 0 Å². The van der Waals surface area contributed by atoms with Gasteiger partial charge in [0.1, 0.15) is 11.1 Å². The second-order valence-corrected chi connectivity index (χ2v) is 4.59. The predicted molar refractivity (Wildman–Crippen MR) is 57.7 cm³/mol. The van der Waals surface area contributed by atoms with Gasteiger partial charge in [-0.15, -0.1) is 11.3 Å². The number of ether oxygens (including phenoxy) is 1. The Hall–Kier alpha value is -0.940. The van der Waals surface area contributed by atoms with E-state index in [1.165, 1.54) is 11.3 Å². The minimum absolute atomic E-state index is 0.0977. The van der Waals surface area contributed by atoms with Crippen molar-refractivity contribution < 1.29 is 9.53 Å². The Morgan fingerprint density at radius 2 is 2.33 bits per heavy atom. The normalized spacial score (nSPS) is 16.9.